The minimum Gasteiger partial charge on any atom is -0.478 e. The molecule has 4 aromatic heterocycles. The number of carboxylic acid groups (broad SMARTS) is 1. The molecule has 0 bridgehead atoms. The molecule has 0 saturated carbocycles. The molecule has 0 saturated heterocycles. The molecular formula is C19H12N4O3S. The van der Waals surface area contributed by atoms with Gasteiger partial charge in [-0.15, -0.1) is 11.3 Å². The van der Waals surface area contributed by atoms with Crippen LogP contribution in [0, 0.1) is 0 Å². The predicted molar refractivity (Wildman–Crippen MR) is 103 cm³/mol. The van der Waals surface area contributed by atoms with Crippen molar-refractivity contribution in [2.45, 2.75) is 0 Å². The Balaban J connectivity index is 1.54. The van der Waals surface area contributed by atoms with Crippen LogP contribution in [-0.4, -0.2) is 31.0 Å². The van der Waals surface area contributed by atoms with Gasteiger partial charge >= 0.3 is 5.97 Å². The summed E-state index contributed by atoms with van der Waals surface area (Å²) in [6.45, 7) is 0. The van der Waals surface area contributed by atoms with Gasteiger partial charge in [-0.25, -0.2) is 9.78 Å². The number of imidazole rings is 1. The standard InChI is InChI=1S/C19H12N4O3S/c24-19(25)12-9-23-13-7-10(1-2-11(12)13)26-15-3-4-20-14-8-16(27-17(14)15)18-21-5-6-22-18/h1-9,23H,(H,21,22)(H,24,25). The van der Waals surface area contributed by atoms with Gasteiger partial charge in [0.2, 0.25) is 0 Å². The van der Waals surface area contributed by atoms with Crippen LogP contribution in [0.1, 0.15) is 10.4 Å². The number of rotatable bonds is 4. The first kappa shape index (κ1) is 15.6. The molecule has 5 rings (SSSR count). The SMILES string of the molecule is O=C(O)c1c[nH]c2cc(Oc3ccnc4cc(-c5ncc[nH]5)sc34)ccc12. The summed E-state index contributed by atoms with van der Waals surface area (Å²) in [6, 6.07) is 9.07. The van der Waals surface area contributed by atoms with Crippen LogP contribution < -0.4 is 4.74 Å². The van der Waals surface area contributed by atoms with E-state index in [1.807, 2.05) is 12.1 Å². The van der Waals surface area contributed by atoms with E-state index in [1.165, 1.54) is 6.20 Å². The first-order valence-electron chi connectivity index (χ1n) is 8.09. The van der Waals surface area contributed by atoms with E-state index in [4.69, 9.17) is 4.74 Å². The van der Waals surface area contributed by atoms with Gasteiger partial charge in [0.1, 0.15) is 17.3 Å². The van der Waals surface area contributed by atoms with E-state index in [0.29, 0.717) is 22.4 Å². The lowest BCUT2D eigenvalue weighted by molar-refractivity contribution is 0.0699. The second-order valence-electron chi connectivity index (χ2n) is 5.89. The molecule has 0 spiro atoms. The second kappa shape index (κ2) is 5.96. The molecule has 8 heteroatoms. The minimum atomic E-state index is -0.963. The van der Waals surface area contributed by atoms with Gasteiger partial charge in [-0.3, -0.25) is 4.98 Å². The normalized spacial score (nSPS) is 11.3. The van der Waals surface area contributed by atoms with Crippen LogP contribution >= 0.6 is 11.3 Å². The number of hydrogen-bond donors (Lipinski definition) is 3. The van der Waals surface area contributed by atoms with Crippen LogP contribution in [0.4, 0.5) is 0 Å². The molecular weight excluding hydrogens is 364 g/mol. The smallest absolute Gasteiger partial charge is 0.337 e. The summed E-state index contributed by atoms with van der Waals surface area (Å²) in [5.41, 5.74) is 1.78. The van der Waals surface area contributed by atoms with Crippen molar-refractivity contribution in [3.8, 4) is 22.2 Å². The summed E-state index contributed by atoms with van der Waals surface area (Å²) in [6.07, 6.45) is 6.67. The zero-order valence-electron chi connectivity index (χ0n) is 13.8. The Bertz CT molecular complexity index is 1290. The third-order valence-corrected chi connectivity index (χ3v) is 5.36. The third-order valence-electron chi connectivity index (χ3n) is 4.22. The van der Waals surface area contributed by atoms with Crippen LogP contribution in [-0.2, 0) is 0 Å². The summed E-state index contributed by atoms with van der Waals surface area (Å²) in [7, 11) is 0. The second-order valence-corrected chi connectivity index (χ2v) is 6.94. The average Bonchev–Trinajstić information content (AvgIpc) is 3.40. The van der Waals surface area contributed by atoms with E-state index in [-0.39, 0.29) is 5.56 Å². The third kappa shape index (κ3) is 2.63. The van der Waals surface area contributed by atoms with Crippen LogP contribution in [0.3, 0.4) is 0 Å². The first-order valence-corrected chi connectivity index (χ1v) is 8.91. The summed E-state index contributed by atoms with van der Waals surface area (Å²) in [4.78, 5) is 27.0. The number of aromatic amines is 2. The Kier molecular flexibility index (Phi) is 3.44. The maximum absolute atomic E-state index is 11.2. The summed E-state index contributed by atoms with van der Waals surface area (Å²) in [5.74, 6) is 1.13. The Morgan fingerprint density at radius 3 is 2.85 bits per heavy atom. The first-order chi connectivity index (χ1) is 13.2. The number of carbonyl (C=O) groups is 1. The van der Waals surface area contributed by atoms with Crippen LogP contribution in [0.2, 0.25) is 0 Å². The van der Waals surface area contributed by atoms with E-state index < -0.39 is 5.97 Å². The van der Waals surface area contributed by atoms with Crippen molar-refractivity contribution in [2.75, 3.05) is 0 Å². The van der Waals surface area contributed by atoms with Gasteiger partial charge in [0.05, 0.1) is 20.7 Å². The Morgan fingerprint density at radius 2 is 2.04 bits per heavy atom. The fourth-order valence-electron chi connectivity index (χ4n) is 2.98. The van der Waals surface area contributed by atoms with Gasteiger partial charge in [0, 0.05) is 47.8 Å². The van der Waals surface area contributed by atoms with Gasteiger partial charge in [-0.1, -0.05) is 0 Å². The number of H-pyrrole nitrogens is 2. The molecule has 0 radical (unpaired) electrons. The number of hydrogen-bond acceptors (Lipinski definition) is 5. The zero-order valence-corrected chi connectivity index (χ0v) is 14.6. The van der Waals surface area contributed by atoms with Crippen LogP contribution in [0.5, 0.6) is 11.5 Å². The summed E-state index contributed by atoms with van der Waals surface area (Å²) >= 11 is 1.55. The predicted octanol–water partition coefficient (Wildman–Crippen LogP) is 4.66. The number of aromatic nitrogens is 4. The van der Waals surface area contributed by atoms with Crippen molar-refractivity contribution in [1.82, 2.24) is 19.9 Å². The Labute approximate surface area is 156 Å². The van der Waals surface area contributed by atoms with Crippen LogP contribution in [0.25, 0.3) is 31.8 Å². The average molecular weight is 376 g/mol. The van der Waals surface area contributed by atoms with Gasteiger partial charge in [-0.2, -0.15) is 0 Å². The largest absolute Gasteiger partial charge is 0.478 e. The lowest BCUT2D eigenvalue weighted by Gasteiger charge is -2.06. The number of benzene rings is 1. The molecule has 0 aliphatic heterocycles. The molecule has 0 fully saturated rings. The lowest BCUT2D eigenvalue weighted by atomic mass is 10.2. The number of thiophene rings is 1. The highest BCUT2D eigenvalue weighted by Gasteiger charge is 2.14. The van der Waals surface area contributed by atoms with E-state index >= 15 is 0 Å². The number of nitrogens with zero attached hydrogens (tertiary/aromatic N) is 2. The van der Waals surface area contributed by atoms with Crippen molar-refractivity contribution in [3.05, 3.63) is 60.7 Å². The molecule has 5 aromatic rings. The fourth-order valence-corrected chi connectivity index (χ4v) is 4.01. The monoisotopic (exact) mass is 376 g/mol. The number of nitrogens with one attached hydrogen (secondary N) is 2. The molecule has 0 unspecified atom stereocenters. The van der Waals surface area contributed by atoms with Gasteiger partial charge in [0.15, 0.2) is 0 Å². The van der Waals surface area contributed by atoms with E-state index in [1.54, 1.807) is 48.1 Å². The number of ether oxygens (including phenoxy) is 1. The molecule has 132 valence electrons. The topological polar surface area (TPSA) is 104 Å². The van der Waals surface area contributed by atoms with Crippen LogP contribution in [0.15, 0.2) is 55.1 Å². The molecule has 1 aromatic carbocycles. The van der Waals surface area contributed by atoms with Gasteiger partial charge in [-0.05, 0) is 18.2 Å². The Hall–Kier alpha value is -3.65. The van der Waals surface area contributed by atoms with Gasteiger partial charge in [0.25, 0.3) is 0 Å². The van der Waals surface area contributed by atoms with Gasteiger partial charge < -0.3 is 19.8 Å². The maximum atomic E-state index is 11.2. The summed E-state index contributed by atoms with van der Waals surface area (Å²) < 4.78 is 6.99. The minimum absolute atomic E-state index is 0.240. The van der Waals surface area contributed by atoms with Crippen molar-refractivity contribution < 1.29 is 14.6 Å². The number of carboxylic acids is 1. The molecule has 27 heavy (non-hydrogen) atoms. The fraction of sp³-hybridized carbons (Fsp3) is 0. The number of aromatic carboxylic acids is 1. The molecule has 3 N–H and O–H groups in total. The van der Waals surface area contributed by atoms with Crippen molar-refractivity contribution >= 4 is 38.4 Å². The maximum Gasteiger partial charge on any atom is 0.337 e. The Morgan fingerprint density at radius 1 is 1.11 bits per heavy atom. The van der Waals surface area contributed by atoms with E-state index in [2.05, 4.69) is 19.9 Å². The highest BCUT2D eigenvalue weighted by Crippen LogP contribution is 2.38. The quantitative estimate of drug-likeness (QED) is 0.423. The van der Waals surface area contributed by atoms with Crippen molar-refractivity contribution in [3.63, 3.8) is 0 Å². The van der Waals surface area contributed by atoms with Crippen molar-refractivity contribution in [2.24, 2.45) is 0 Å². The molecule has 4 heterocycles. The number of pyridine rings is 1. The number of fused-ring (bicyclic) bond motifs is 2. The molecule has 0 aliphatic rings. The van der Waals surface area contributed by atoms with E-state index in [9.17, 15) is 9.90 Å². The zero-order chi connectivity index (χ0) is 18.4. The molecule has 0 amide bonds. The highest BCUT2D eigenvalue weighted by atomic mass is 32.1. The lowest BCUT2D eigenvalue weighted by Crippen LogP contribution is -1.93. The van der Waals surface area contributed by atoms with Crippen molar-refractivity contribution in [1.29, 1.82) is 0 Å². The van der Waals surface area contributed by atoms with E-state index in [0.717, 1.165) is 20.9 Å². The molecule has 7 nitrogen and oxygen atoms in total. The molecule has 0 aliphatic carbocycles. The highest BCUT2D eigenvalue weighted by molar-refractivity contribution is 7.22. The molecule has 0 atom stereocenters. The summed E-state index contributed by atoms with van der Waals surface area (Å²) in [5, 5.41) is 9.86.